The second kappa shape index (κ2) is 8.27. The Morgan fingerprint density at radius 1 is 1.40 bits per heavy atom. The smallest absolute Gasteiger partial charge is 0.225 e. The van der Waals surface area contributed by atoms with Gasteiger partial charge in [0.1, 0.15) is 5.60 Å². The molecule has 3 N–H and O–H groups in total. The summed E-state index contributed by atoms with van der Waals surface area (Å²) in [5.74, 6) is -0.0399. The normalized spacial score (nSPS) is 14.8. The lowest BCUT2D eigenvalue weighted by atomic mass is 9.99. The van der Waals surface area contributed by atoms with Gasteiger partial charge in [0.15, 0.2) is 0 Å². The molecule has 0 unspecified atom stereocenters. The minimum atomic E-state index is -1.03. The number of para-hydroxylation sites is 1. The van der Waals surface area contributed by atoms with Gasteiger partial charge in [0.25, 0.3) is 0 Å². The van der Waals surface area contributed by atoms with E-state index < -0.39 is 5.60 Å². The second-order valence-corrected chi connectivity index (χ2v) is 6.72. The van der Waals surface area contributed by atoms with E-state index in [1.54, 1.807) is 24.0 Å². The molecule has 6 nitrogen and oxygen atoms in total. The van der Waals surface area contributed by atoms with E-state index in [1.807, 2.05) is 38.2 Å². The monoisotopic (exact) mass is 344 g/mol. The Balaban J connectivity index is 1.85. The number of amides is 1. The summed E-state index contributed by atoms with van der Waals surface area (Å²) in [7, 11) is 1.81. The fourth-order valence-corrected chi connectivity index (χ4v) is 2.68. The van der Waals surface area contributed by atoms with E-state index in [0.717, 1.165) is 23.2 Å². The molecule has 1 heterocycles. The molecule has 0 aliphatic heterocycles. The van der Waals surface area contributed by atoms with Crippen LogP contribution in [0.5, 0.6) is 0 Å². The van der Waals surface area contributed by atoms with Crippen molar-refractivity contribution in [3.8, 4) is 0 Å². The van der Waals surface area contributed by atoms with Crippen molar-refractivity contribution >= 4 is 11.6 Å². The van der Waals surface area contributed by atoms with Crippen LogP contribution in [0.1, 0.15) is 38.3 Å². The molecule has 2 aromatic rings. The van der Waals surface area contributed by atoms with E-state index in [0.29, 0.717) is 13.0 Å². The molecule has 0 aliphatic carbocycles. The van der Waals surface area contributed by atoms with Crippen LogP contribution < -0.4 is 10.6 Å². The molecule has 0 saturated carbocycles. The highest BCUT2D eigenvalue weighted by atomic mass is 16.3. The third-order valence-corrected chi connectivity index (χ3v) is 4.29. The second-order valence-electron chi connectivity index (χ2n) is 6.72. The predicted octanol–water partition coefficient (Wildman–Crippen LogP) is 2.20. The number of carbonyl (C=O) groups excluding carboxylic acids is 1. The van der Waals surface area contributed by atoms with Crippen molar-refractivity contribution in [1.29, 1.82) is 0 Å². The molecule has 0 bridgehead atoms. The fraction of sp³-hybridized carbons (Fsp3) is 0.474. The highest BCUT2D eigenvalue weighted by Gasteiger charge is 2.25. The van der Waals surface area contributed by atoms with Crippen LogP contribution in [0.25, 0.3) is 0 Å². The Morgan fingerprint density at radius 2 is 2.12 bits per heavy atom. The quantitative estimate of drug-likeness (QED) is 0.686. The van der Waals surface area contributed by atoms with E-state index in [2.05, 4.69) is 22.7 Å². The van der Waals surface area contributed by atoms with Crippen LogP contribution in [0.15, 0.2) is 36.7 Å². The molecular formula is C19H28N4O2. The predicted molar refractivity (Wildman–Crippen MR) is 99.3 cm³/mol. The van der Waals surface area contributed by atoms with Gasteiger partial charge in [-0.2, -0.15) is 5.10 Å². The first-order chi connectivity index (χ1) is 11.8. The summed E-state index contributed by atoms with van der Waals surface area (Å²) in [6.45, 7) is 6.08. The lowest BCUT2D eigenvalue weighted by Gasteiger charge is -2.25. The summed E-state index contributed by atoms with van der Waals surface area (Å²) in [5.41, 5.74) is 1.70. The maximum atomic E-state index is 12.3. The SMILES string of the molecule is CCc1ccccc1NC(=O)C[C@H](C)NC[C@@](C)(O)c1cnn(C)c1. The fourth-order valence-electron chi connectivity index (χ4n) is 2.68. The minimum absolute atomic E-state index is 0.0399. The van der Waals surface area contributed by atoms with E-state index in [9.17, 15) is 9.90 Å². The molecule has 2 atom stereocenters. The molecule has 0 fully saturated rings. The first-order valence-electron chi connectivity index (χ1n) is 8.64. The first kappa shape index (κ1) is 19.1. The number of hydrogen-bond acceptors (Lipinski definition) is 4. The van der Waals surface area contributed by atoms with E-state index in [-0.39, 0.29) is 11.9 Å². The van der Waals surface area contributed by atoms with Crippen molar-refractivity contribution in [2.24, 2.45) is 7.05 Å². The van der Waals surface area contributed by atoms with Gasteiger partial charge in [-0.15, -0.1) is 0 Å². The zero-order valence-corrected chi connectivity index (χ0v) is 15.4. The standard InChI is InChI=1S/C19H28N4O2/c1-5-15-8-6-7-9-17(15)22-18(24)10-14(2)20-13-19(3,25)16-11-21-23(4)12-16/h6-9,11-12,14,20,25H,5,10,13H2,1-4H3,(H,22,24)/t14-,19+/m0/s1. The number of benzene rings is 1. The van der Waals surface area contributed by atoms with Crippen molar-refractivity contribution in [1.82, 2.24) is 15.1 Å². The molecule has 6 heteroatoms. The van der Waals surface area contributed by atoms with Crippen LogP contribution in [-0.2, 0) is 23.9 Å². The molecule has 1 aromatic heterocycles. The van der Waals surface area contributed by atoms with Crippen LogP contribution >= 0.6 is 0 Å². The Bertz CT molecular complexity index is 709. The Morgan fingerprint density at radius 3 is 2.76 bits per heavy atom. The highest BCUT2D eigenvalue weighted by molar-refractivity contribution is 5.91. The van der Waals surface area contributed by atoms with Gasteiger partial charge in [-0.1, -0.05) is 25.1 Å². The number of aromatic nitrogens is 2. The van der Waals surface area contributed by atoms with Crippen LogP contribution in [0, 0.1) is 0 Å². The van der Waals surface area contributed by atoms with Gasteiger partial charge in [0.2, 0.25) is 5.91 Å². The summed E-state index contributed by atoms with van der Waals surface area (Å²) >= 11 is 0. The van der Waals surface area contributed by atoms with Gasteiger partial charge in [-0.05, 0) is 31.9 Å². The summed E-state index contributed by atoms with van der Waals surface area (Å²) in [6.07, 6.45) is 4.65. The molecule has 1 aromatic carbocycles. The van der Waals surface area contributed by atoms with E-state index in [1.165, 1.54) is 0 Å². The molecule has 1 amide bonds. The number of nitrogens with zero attached hydrogens (tertiary/aromatic N) is 2. The number of hydrogen-bond donors (Lipinski definition) is 3. The van der Waals surface area contributed by atoms with Crippen molar-refractivity contribution in [3.63, 3.8) is 0 Å². The molecule has 0 spiro atoms. The summed E-state index contributed by atoms with van der Waals surface area (Å²) in [4.78, 5) is 12.3. The molecule has 0 radical (unpaired) electrons. The van der Waals surface area contributed by atoms with Crippen LogP contribution in [-0.4, -0.2) is 33.4 Å². The van der Waals surface area contributed by atoms with Crippen LogP contribution in [0.3, 0.4) is 0 Å². The third-order valence-electron chi connectivity index (χ3n) is 4.29. The Labute approximate surface area is 149 Å². The minimum Gasteiger partial charge on any atom is -0.384 e. The molecular weight excluding hydrogens is 316 g/mol. The third kappa shape index (κ3) is 5.41. The van der Waals surface area contributed by atoms with Crippen molar-refractivity contribution < 1.29 is 9.90 Å². The number of nitrogens with one attached hydrogen (secondary N) is 2. The number of aliphatic hydroxyl groups is 1. The van der Waals surface area contributed by atoms with Crippen molar-refractivity contribution in [2.45, 2.75) is 45.3 Å². The van der Waals surface area contributed by atoms with Crippen LogP contribution in [0.2, 0.25) is 0 Å². The largest absolute Gasteiger partial charge is 0.384 e. The number of rotatable bonds is 8. The van der Waals surface area contributed by atoms with E-state index >= 15 is 0 Å². The molecule has 0 saturated heterocycles. The van der Waals surface area contributed by atoms with Gasteiger partial charge in [0.05, 0.1) is 6.20 Å². The topological polar surface area (TPSA) is 79.2 Å². The molecule has 2 rings (SSSR count). The van der Waals surface area contributed by atoms with Crippen molar-refractivity contribution in [2.75, 3.05) is 11.9 Å². The summed E-state index contributed by atoms with van der Waals surface area (Å²) in [5, 5.41) is 20.9. The maximum Gasteiger partial charge on any atom is 0.225 e. The average molecular weight is 344 g/mol. The zero-order valence-electron chi connectivity index (χ0n) is 15.4. The highest BCUT2D eigenvalue weighted by Crippen LogP contribution is 2.19. The average Bonchev–Trinajstić information content (AvgIpc) is 3.01. The molecule has 136 valence electrons. The van der Waals surface area contributed by atoms with Gasteiger partial charge in [0, 0.05) is 43.5 Å². The van der Waals surface area contributed by atoms with Gasteiger partial charge >= 0.3 is 0 Å². The van der Waals surface area contributed by atoms with Gasteiger partial charge < -0.3 is 15.7 Å². The van der Waals surface area contributed by atoms with Crippen molar-refractivity contribution in [3.05, 3.63) is 47.8 Å². The summed E-state index contributed by atoms with van der Waals surface area (Å²) in [6, 6.07) is 7.77. The summed E-state index contributed by atoms with van der Waals surface area (Å²) < 4.78 is 1.66. The lowest BCUT2D eigenvalue weighted by Crippen LogP contribution is -2.40. The van der Waals surface area contributed by atoms with E-state index in [4.69, 9.17) is 0 Å². The van der Waals surface area contributed by atoms with Gasteiger partial charge in [-0.3, -0.25) is 9.48 Å². The molecule has 0 aliphatic rings. The Kier molecular flexibility index (Phi) is 6.33. The van der Waals surface area contributed by atoms with Gasteiger partial charge in [-0.25, -0.2) is 0 Å². The van der Waals surface area contributed by atoms with Crippen LogP contribution in [0.4, 0.5) is 5.69 Å². The molecule has 25 heavy (non-hydrogen) atoms. The number of anilines is 1. The number of carbonyl (C=O) groups is 1. The maximum absolute atomic E-state index is 12.3. The Hall–Kier alpha value is -2.18. The number of aryl methyl sites for hydroxylation is 2. The zero-order chi connectivity index (χ0) is 18.4. The first-order valence-corrected chi connectivity index (χ1v) is 8.64. The lowest BCUT2D eigenvalue weighted by molar-refractivity contribution is -0.116.